The molecule has 0 saturated carbocycles. The zero-order chi connectivity index (χ0) is 40.3. The van der Waals surface area contributed by atoms with Gasteiger partial charge in [-0.2, -0.15) is 0 Å². The summed E-state index contributed by atoms with van der Waals surface area (Å²) in [5.74, 6) is 2.03. The molecule has 1 unspecified atom stereocenters. The quantitative estimate of drug-likeness (QED) is 0.169. The second-order valence-electron chi connectivity index (χ2n) is 15.9. The lowest BCUT2D eigenvalue weighted by Crippen LogP contribution is -2.12. The van der Waals surface area contributed by atoms with E-state index in [0.717, 1.165) is 62.0 Å². The van der Waals surface area contributed by atoms with Gasteiger partial charge in [0.05, 0.1) is 0 Å². The van der Waals surface area contributed by atoms with Crippen LogP contribution in [-0.4, -0.2) is 15.0 Å². The van der Waals surface area contributed by atoms with Gasteiger partial charge in [-0.05, 0) is 103 Å². The molecule has 0 amide bonds. The number of rotatable bonds is 6. The van der Waals surface area contributed by atoms with Crippen LogP contribution in [0.15, 0.2) is 205 Å². The predicted molar refractivity (Wildman–Crippen MR) is 251 cm³/mol. The first kappa shape index (κ1) is 35.0. The number of nitrogens with zero attached hydrogens (tertiary/aromatic N) is 3. The molecule has 12 rings (SSSR count). The maximum Gasteiger partial charge on any atom is 0.164 e. The first-order chi connectivity index (χ1) is 30.2. The van der Waals surface area contributed by atoms with Gasteiger partial charge in [0.15, 0.2) is 11.6 Å². The van der Waals surface area contributed by atoms with Crippen molar-refractivity contribution in [3.05, 3.63) is 217 Å². The maximum absolute atomic E-state index is 6.63. The highest BCUT2D eigenvalue weighted by molar-refractivity contribution is 6.12. The minimum absolute atomic E-state index is 0.0000853. The smallest absolute Gasteiger partial charge is 0.164 e. The molecule has 9 aromatic carbocycles. The molecule has 2 heterocycles. The third kappa shape index (κ3) is 6.28. The highest BCUT2D eigenvalue weighted by Gasteiger charge is 2.23. The second-order valence-corrected chi connectivity index (χ2v) is 15.9. The minimum atomic E-state index is 0.0000853. The van der Waals surface area contributed by atoms with Gasteiger partial charge < -0.3 is 4.42 Å². The van der Waals surface area contributed by atoms with Crippen molar-refractivity contribution in [2.75, 3.05) is 0 Å². The van der Waals surface area contributed by atoms with Gasteiger partial charge in [0.2, 0.25) is 0 Å². The summed E-state index contributed by atoms with van der Waals surface area (Å²) in [6, 6.07) is 68.8. The Morgan fingerprint density at radius 2 is 1.07 bits per heavy atom. The molecule has 1 aliphatic carbocycles. The summed E-state index contributed by atoms with van der Waals surface area (Å²) >= 11 is 0. The first-order valence-electron chi connectivity index (χ1n) is 20.8. The van der Waals surface area contributed by atoms with Gasteiger partial charge in [-0.1, -0.05) is 176 Å². The Labute approximate surface area is 353 Å². The fourth-order valence-corrected chi connectivity index (χ4v) is 9.10. The van der Waals surface area contributed by atoms with Crippen molar-refractivity contribution < 1.29 is 4.42 Å². The molecule has 0 aliphatic heterocycles. The van der Waals surface area contributed by atoms with E-state index in [0.29, 0.717) is 11.6 Å². The summed E-state index contributed by atoms with van der Waals surface area (Å²) in [5, 5.41) is 6.89. The molecule has 2 aromatic heterocycles. The van der Waals surface area contributed by atoms with Crippen LogP contribution in [0.1, 0.15) is 22.9 Å². The van der Waals surface area contributed by atoms with Crippen LogP contribution in [-0.2, 0) is 6.42 Å². The van der Waals surface area contributed by atoms with Crippen molar-refractivity contribution in [1.29, 1.82) is 0 Å². The van der Waals surface area contributed by atoms with Crippen molar-refractivity contribution in [3.8, 4) is 56.2 Å². The van der Waals surface area contributed by atoms with E-state index in [4.69, 9.17) is 19.4 Å². The Balaban J connectivity index is 0.948. The van der Waals surface area contributed by atoms with Gasteiger partial charge in [0.1, 0.15) is 17.0 Å². The maximum atomic E-state index is 6.63. The van der Waals surface area contributed by atoms with Crippen LogP contribution in [0.25, 0.3) is 106 Å². The van der Waals surface area contributed by atoms with Crippen LogP contribution in [0, 0.1) is 0 Å². The van der Waals surface area contributed by atoms with Crippen LogP contribution in [0.4, 0.5) is 0 Å². The molecule has 286 valence electrons. The van der Waals surface area contributed by atoms with Crippen molar-refractivity contribution in [1.82, 2.24) is 15.0 Å². The number of furan rings is 1. The summed E-state index contributed by atoms with van der Waals surface area (Å²) in [4.78, 5) is 15.7. The number of hydrogen-bond donors (Lipinski definition) is 0. The van der Waals surface area contributed by atoms with Gasteiger partial charge in [-0.3, -0.25) is 0 Å². The second kappa shape index (κ2) is 14.4. The molecule has 4 nitrogen and oxygen atoms in total. The fraction of sp³-hybridized carbons (Fsp3) is 0.0351. The Bertz CT molecular complexity index is 3510. The zero-order valence-corrected chi connectivity index (χ0v) is 33.2. The molecule has 0 radical (unpaired) electrons. The summed E-state index contributed by atoms with van der Waals surface area (Å²) in [5.41, 5.74) is 13.0. The van der Waals surface area contributed by atoms with Crippen LogP contribution in [0.2, 0.25) is 0 Å². The Morgan fingerprint density at radius 1 is 0.410 bits per heavy atom. The molecule has 0 spiro atoms. The topological polar surface area (TPSA) is 51.8 Å². The minimum Gasteiger partial charge on any atom is -0.456 e. The number of hydrogen-bond acceptors (Lipinski definition) is 4. The van der Waals surface area contributed by atoms with Gasteiger partial charge >= 0.3 is 0 Å². The van der Waals surface area contributed by atoms with Crippen molar-refractivity contribution in [3.63, 3.8) is 0 Å². The average Bonchev–Trinajstić information content (AvgIpc) is 3.72. The van der Waals surface area contributed by atoms with Crippen molar-refractivity contribution in [2.45, 2.75) is 12.3 Å². The third-order valence-corrected chi connectivity index (χ3v) is 12.2. The SMILES string of the molecule is C1=CC(c2nc(-c3ccc(-c4cccc5ccccc45)cc3)nc(-c3cccc4oc5cc(-c6ccc7cc(-c8ccccc8)ccc7c6)ccc5c34)n2)Cc2ccccc21. The van der Waals surface area contributed by atoms with Gasteiger partial charge in [-0.25, -0.2) is 15.0 Å². The summed E-state index contributed by atoms with van der Waals surface area (Å²) < 4.78 is 6.63. The molecule has 1 aliphatic rings. The molecule has 0 bridgehead atoms. The van der Waals surface area contributed by atoms with Crippen molar-refractivity contribution in [2.24, 2.45) is 0 Å². The Kier molecular flexibility index (Phi) is 8.27. The lowest BCUT2D eigenvalue weighted by molar-refractivity contribution is 0.669. The highest BCUT2D eigenvalue weighted by atomic mass is 16.3. The average molecular weight is 780 g/mol. The first-order valence-corrected chi connectivity index (χ1v) is 20.8. The van der Waals surface area contributed by atoms with Crippen LogP contribution < -0.4 is 0 Å². The lowest BCUT2D eigenvalue weighted by atomic mass is 9.89. The largest absolute Gasteiger partial charge is 0.456 e. The molecular weight excluding hydrogens is 743 g/mol. The monoisotopic (exact) mass is 779 g/mol. The molecule has 11 aromatic rings. The summed E-state index contributed by atoms with van der Waals surface area (Å²) in [6.45, 7) is 0. The van der Waals surface area contributed by atoms with E-state index < -0.39 is 0 Å². The molecule has 0 fully saturated rings. The van der Waals surface area contributed by atoms with Crippen LogP contribution in [0.3, 0.4) is 0 Å². The van der Waals surface area contributed by atoms with Gasteiger partial charge in [-0.15, -0.1) is 0 Å². The molecular formula is C57H37N3O. The van der Waals surface area contributed by atoms with E-state index in [-0.39, 0.29) is 5.92 Å². The fourth-order valence-electron chi connectivity index (χ4n) is 9.10. The molecule has 61 heavy (non-hydrogen) atoms. The zero-order valence-electron chi connectivity index (χ0n) is 33.2. The standard InChI is InChI=1S/C57H37N3O/c1-2-10-36(11-3-1)42-25-26-44-33-45(28-27-43(44)32-42)46-30-31-50-53(35-46)61-52-19-9-18-51(54(50)52)57-59-55(58-56(60-57)47-29-20-37-12-4-5-14-41(37)34-47)40-23-21-39(22-24-40)49-17-8-15-38-13-6-7-16-48(38)49/h1-33,35,47H,34H2. The predicted octanol–water partition coefficient (Wildman–Crippen LogP) is 14.8. The van der Waals surface area contributed by atoms with E-state index in [1.165, 1.54) is 49.4 Å². The number of allylic oxidation sites excluding steroid dienone is 1. The normalized spacial score (nSPS) is 13.6. The molecule has 0 saturated heterocycles. The number of aromatic nitrogens is 3. The summed E-state index contributed by atoms with van der Waals surface area (Å²) in [6.07, 6.45) is 5.25. The Morgan fingerprint density at radius 3 is 1.93 bits per heavy atom. The van der Waals surface area contributed by atoms with Crippen LogP contribution in [0.5, 0.6) is 0 Å². The summed E-state index contributed by atoms with van der Waals surface area (Å²) in [7, 11) is 0. The van der Waals surface area contributed by atoms with E-state index in [1.54, 1.807) is 0 Å². The van der Waals surface area contributed by atoms with E-state index in [1.807, 2.05) is 12.1 Å². The highest BCUT2D eigenvalue weighted by Crippen LogP contribution is 2.40. The Hall–Kier alpha value is -7.95. The van der Waals surface area contributed by atoms with E-state index in [9.17, 15) is 0 Å². The lowest BCUT2D eigenvalue weighted by Gasteiger charge is -2.19. The van der Waals surface area contributed by atoms with E-state index in [2.05, 4.69) is 194 Å². The number of benzene rings is 9. The molecule has 1 atom stereocenters. The molecule has 4 heteroatoms. The molecule has 0 N–H and O–H groups in total. The van der Waals surface area contributed by atoms with Crippen molar-refractivity contribution >= 4 is 49.6 Å². The third-order valence-electron chi connectivity index (χ3n) is 12.2. The van der Waals surface area contributed by atoms with Gasteiger partial charge in [0.25, 0.3) is 0 Å². The number of fused-ring (bicyclic) bond motifs is 6. The van der Waals surface area contributed by atoms with Crippen LogP contribution >= 0.6 is 0 Å². The van der Waals surface area contributed by atoms with Gasteiger partial charge in [0, 0.05) is 27.8 Å². The van der Waals surface area contributed by atoms with E-state index >= 15 is 0 Å².